The SMILES string of the molecule is NCc1nnc(-c2cccc(Cl)c2Cl)n1C1CC1. The van der Waals surface area contributed by atoms with Crippen molar-refractivity contribution in [2.45, 2.75) is 25.4 Å². The quantitative estimate of drug-likeness (QED) is 0.941. The van der Waals surface area contributed by atoms with Gasteiger partial charge in [0, 0.05) is 11.6 Å². The fourth-order valence-corrected chi connectivity index (χ4v) is 2.42. The smallest absolute Gasteiger partial charge is 0.165 e. The van der Waals surface area contributed by atoms with Crippen molar-refractivity contribution in [1.82, 2.24) is 14.8 Å². The van der Waals surface area contributed by atoms with E-state index in [0.717, 1.165) is 30.1 Å². The molecule has 0 saturated heterocycles. The molecule has 3 rings (SSSR count). The molecule has 2 N–H and O–H groups in total. The van der Waals surface area contributed by atoms with Crippen molar-refractivity contribution in [3.63, 3.8) is 0 Å². The first-order valence-electron chi connectivity index (χ1n) is 5.80. The third-order valence-corrected chi connectivity index (χ3v) is 3.87. The van der Waals surface area contributed by atoms with Crippen molar-refractivity contribution in [2.24, 2.45) is 5.73 Å². The summed E-state index contributed by atoms with van der Waals surface area (Å²) in [6.45, 7) is 0.377. The molecular formula is C12H12Cl2N4. The van der Waals surface area contributed by atoms with Gasteiger partial charge in [-0.3, -0.25) is 0 Å². The molecule has 0 atom stereocenters. The highest BCUT2D eigenvalue weighted by molar-refractivity contribution is 6.43. The van der Waals surface area contributed by atoms with Gasteiger partial charge in [-0.25, -0.2) is 0 Å². The maximum Gasteiger partial charge on any atom is 0.165 e. The van der Waals surface area contributed by atoms with Gasteiger partial charge in [0.05, 0.1) is 16.6 Å². The lowest BCUT2D eigenvalue weighted by molar-refractivity contribution is 0.688. The van der Waals surface area contributed by atoms with E-state index < -0.39 is 0 Å². The van der Waals surface area contributed by atoms with E-state index in [4.69, 9.17) is 28.9 Å². The summed E-state index contributed by atoms with van der Waals surface area (Å²) in [6, 6.07) is 5.97. The van der Waals surface area contributed by atoms with Gasteiger partial charge in [-0.2, -0.15) is 0 Å². The van der Waals surface area contributed by atoms with Crippen LogP contribution in [0.25, 0.3) is 11.4 Å². The fourth-order valence-electron chi connectivity index (χ4n) is 2.04. The summed E-state index contributed by atoms with van der Waals surface area (Å²) in [6.07, 6.45) is 2.27. The molecule has 6 heteroatoms. The lowest BCUT2D eigenvalue weighted by Crippen LogP contribution is -2.08. The molecule has 0 unspecified atom stereocenters. The Hall–Kier alpha value is -1.10. The first-order chi connectivity index (χ1) is 8.72. The predicted octanol–water partition coefficient (Wildman–Crippen LogP) is 3.05. The molecule has 1 fully saturated rings. The normalized spacial score (nSPS) is 15.1. The van der Waals surface area contributed by atoms with E-state index in [1.807, 2.05) is 12.1 Å². The molecule has 0 aliphatic heterocycles. The zero-order chi connectivity index (χ0) is 12.7. The maximum atomic E-state index is 6.23. The van der Waals surface area contributed by atoms with Crippen LogP contribution < -0.4 is 5.73 Å². The summed E-state index contributed by atoms with van der Waals surface area (Å²) in [5.41, 5.74) is 6.50. The van der Waals surface area contributed by atoms with Crippen LogP contribution in [-0.4, -0.2) is 14.8 Å². The largest absolute Gasteiger partial charge is 0.324 e. The molecule has 1 saturated carbocycles. The standard InChI is InChI=1S/C12H12Cl2N4/c13-9-3-1-2-8(11(9)14)12-17-16-10(6-15)18(12)7-4-5-7/h1-3,7H,4-6,15H2. The van der Waals surface area contributed by atoms with Crippen LogP contribution in [0, 0.1) is 0 Å². The van der Waals surface area contributed by atoms with Crippen molar-refractivity contribution in [3.05, 3.63) is 34.1 Å². The van der Waals surface area contributed by atoms with Crippen LogP contribution in [-0.2, 0) is 6.54 Å². The summed E-state index contributed by atoms with van der Waals surface area (Å²) in [7, 11) is 0. The van der Waals surface area contributed by atoms with Crippen LogP contribution >= 0.6 is 23.2 Å². The van der Waals surface area contributed by atoms with Crippen LogP contribution in [0.3, 0.4) is 0 Å². The minimum absolute atomic E-state index is 0.377. The van der Waals surface area contributed by atoms with E-state index >= 15 is 0 Å². The third kappa shape index (κ3) is 1.90. The molecule has 1 aliphatic carbocycles. The second-order valence-corrected chi connectivity index (χ2v) is 5.13. The van der Waals surface area contributed by atoms with Crippen LogP contribution in [0.1, 0.15) is 24.7 Å². The van der Waals surface area contributed by atoms with Crippen LogP contribution in [0.2, 0.25) is 10.0 Å². The Labute approximate surface area is 115 Å². The highest BCUT2D eigenvalue weighted by Gasteiger charge is 2.30. The molecule has 1 heterocycles. The first-order valence-corrected chi connectivity index (χ1v) is 6.56. The Morgan fingerprint density at radius 1 is 1.28 bits per heavy atom. The zero-order valence-electron chi connectivity index (χ0n) is 9.61. The van der Waals surface area contributed by atoms with Gasteiger partial charge in [-0.05, 0) is 25.0 Å². The van der Waals surface area contributed by atoms with Crippen LogP contribution in [0.4, 0.5) is 0 Å². The lowest BCUT2D eigenvalue weighted by atomic mass is 10.2. The highest BCUT2D eigenvalue weighted by atomic mass is 35.5. The number of hydrogen-bond acceptors (Lipinski definition) is 3. The molecule has 1 aromatic carbocycles. The van der Waals surface area contributed by atoms with Crippen molar-refractivity contribution >= 4 is 23.2 Å². The minimum atomic E-state index is 0.377. The number of nitrogens with two attached hydrogens (primary N) is 1. The van der Waals surface area contributed by atoms with Crippen molar-refractivity contribution in [1.29, 1.82) is 0 Å². The number of halogens is 2. The Morgan fingerprint density at radius 2 is 2.06 bits per heavy atom. The van der Waals surface area contributed by atoms with Crippen molar-refractivity contribution in [3.8, 4) is 11.4 Å². The van der Waals surface area contributed by atoms with Gasteiger partial charge in [0.1, 0.15) is 5.82 Å². The van der Waals surface area contributed by atoms with E-state index in [9.17, 15) is 0 Å². The lowest BCUT2D eigenvalue weighted by Gasteiger charge is -2.09. The van der Waals surface area contributed by atoms with Gasteiger partial charge < -0.3 is 10.3 Å². The number of nitrogens with zero attached hydrogens (tertiary/aromatic N) is 3. The number of aromatic nitrogens is 3. The fraction of sp³-hybridized carbons (Fsp3) is 0.333. The average molecular weight is 283 g/mol. The van der Waals surface area contributed by atoms with Crippen LogP contribution in [0.5, 0.6) is 0 Å². The van der Waals surface area contributed by atoms with Crippen molar-refractivity contribution in [2.75, 3.05) is 0 Å². The first kappa shape index (κ1) is 12.0. The summed E-state index contributed by atoms with van der Waals surface area (Å²) in [5, 5.41) is 9.37. The Balaban J connectivity index is 2.17. The molecule has 1 aromatic heterocycles. The van der Waals surface area contributed by atoms with Crippen molar-refractivity contribution < 1.29 is 0 Å². The van der Waals surface area contributed by atoms with Gasteiger partial charge in [-0.15, -0.1) is 10.2 Å². The van der Waals surface area contributed by atoms with E-state index in [2.05, 4.69) is 14.8 Å². The van der Waals surface area contributed by atoms with E-state index in [0.29, 0.717) is 22.6 Å². The summed E-state index contributed by atoms with van der Waals surface area (Å²) in [5.74, 6) is 1.55. The van der Waals surface area contributed by atoms with Gasteiger partial charge >= 0.3 is 0 Å². The van der Waals surface area contributed by atoms with Gasteiger partial charge in [-0.1, -0.05) is 29.3 Å². The molecule has 0 radical (unpaired) electrons. The van der Waals surface area contributed by atoms with Gasteiger partial charge in [0.25, 0.3) is 0 Å². The Morgan fingerprint density at radius 3 is 2.72 bits per heavy atom. The maximum absolute atomic E-state index is 6.23. The molecule has 18 heavy (non-hydrogen) atoms. The molecule has 0 bridgehead atoms. The van der Waals surface area contributed by atoms with Crippen LogP contribution in [0.15, 0.2) is 18.2 Å². The number of rotatable bonds is 3. The molecule has 4 nitrogen and oxygen atoms in total. The number of benzene rings is 1. The van der Waals surface area contributed by atoms with E-state index in [-0.39, 0.29) is 0 Å². The Kier molecular flexibility index (Phi) is 3.01. The molecule has 0 spiro atoms. The predicted molar refractivity (Wildman–Crippen MR) is 71.6 cm³/mol. The molecule has 94 valence electrons. The van der Waals surface area contributed by atoms with E-state index in [1.54, 1.807) is 6.07 Å². The van der Waals surface area contributed by atoms with E-state index in [1.165, 1.54) is 0 Å². The average Bonchev–Trinajstić information content (AvgIpc) is 3.12. The molecular weight excluding hydrogens is 271 g/mol. The zero-order valence-corrected chi connectivity index (χ0v) is 11.1. The third-order valence-electron chi connectivity index (χ3n) is 3.05. The summed E-state index contributed by atoms with van der Waals surface area (Å²) in [4.78, 5) is 0. The Bertz CT molecular complexity index is 590. The monoisotopic (exact) mass is 282 g/mol. The number of hydrogen-bond donors (Lipinski definition) is 1. The van der Waals surface area contributed by atoms with Gasteiger partial charge in [0.2, 0.25) is 0 Å². The van der Waals surface area contributed by atoms with Gasteiger partial charge in [0.15, 0.2) is 5.82 Å². The minimum Gasteiger partial charge on any atom is -0.324 e. The second-order valence-electron chi connectivity index (χ2n) is 4.35. The molecule has 1 aliphatic rings. The molecule has 2 aromatic rings. The topological polar surface area (TPSA) is 56.7 Å². The second kappa shape index (κ2) is 4.53. The highest BCUT2D eigenvalue weighted by Crippen LogP contribution is 2.41. The summed E-state index contributed by atoms with van der Waals surface area (Å²) < 4.78 is 2.08. The summed E-state index contributed by atoms with van der Waals surface area (Å²) >= 11 is 12.3. The molecule has 0 amide bonds.